The second-order valence-electron chi connectivity index (χ2n) is 15.9. The molecule has 274 valence electrons. The van der Waals surface area contributed by atoms with Crippen molar-refractivity contribution in [2.75, 3.05) is 0 Å². The smallest absolute Gasteiger partial charge is 0.164 e. The molecule has 9 aromatic rings. The molecule has 0 saturated carbocycles. The van der Waals surface area contributed by atoms with Crippen molar-refractivity contribution in [3.63, 3.8) is 0 Å². The van der Waals surface area contributed by atoms with E-state index >= 15 is 0 Å². The Morgan fingerprint density at radius 2 is 0.741 bits per heavy atom. The lowest BCUT2D eigenvalue weighted by molar-refractivity contribution is 0.661. The van der Waals surface area contributed by atoms with Gasteiger partial charge in [0.1, 0.15) is 0 Å². The summed E-state index contributed by atoms with van der Waals surface area (Å²) in [5, 5.41) is 0. The second-order valence-corrected chi connectivity index (χ2v) is 15.9. The molecule has 0 aliphatic heterocycles. The van der Waals surface area contributed by atoms with Crippen molar-refractivity contribution in [3.05, 3.63) is 234 Å². The monoisotopic (exact) mass is 741 g/mol. The summed E-state index contributed by atoms with van der Waals surface area (Å²) in [6, 6.07) is 72.2. The molecule has 0 fully saturated rings. The van der Waals surface area contributed by atoms with Crippen LogP contribution in [0.15, 0.2) is 200 Å². The van der Waals surface area contributed by atoms with E-state index in [9.17, 15) is 0 Å². The summed E-state index contributed by atoms with van der Waals surface area (Å²) in [5.41, 5.74) is 17.6. The molecule has 0 bridgehead atoms. The Balaban J connectivity index is 1.05. The van der Waals surface area contributed by atoms with E-state index in [1.807, 2.05) is 36.4 Å². The fraction of sp³-hybridized carbons (Fsp3) is 0.0727. The lowest BCUT2D eigenvalue weighted by atomic mass is 9.67. The normalized spacial score (nSPS) is 14.0. The number of rotatable bonds is 6. The van der Waals surface area contributed by atoms with Gasteiger partial charge >= 0.3 is 0 Å². The van der Waals surface area contributed by atoms with Gasteiger partial charge in [0.05, 0.1) is 5.41 Å². The highest BCUT2D eigenvalue weighted by atomic mass is 15.0. The van der Waals surface area contributed by atoms with Gasteiger partial charge in [-0.25, -0.2) is 15.0 Å². The highest BCUT2D eigenvalue weighted by molar-refractivity contribution is 5.96. The van der Waals surface area contributed by atoms with Crippen LogP contribution in [0.1, 0.15) is 47.2 Å². The summed E-state index contributed by atoms with van der Waals surface area (Å²) >= 11 is 0. The molecule has 2 aliphatic rings. The lowest BCUT2D eigenvalue weighted by Crippen LogP contribution is -2.28. The van der Waals surface area contributed by atoms with Gasteiger partial charge in [-0.1, -0.05) is 202 Å². The molecule has 0 saturated heterocycles. The van der Waals surface area contributed by atoms with Crippen LogP contribution in [0, 0.1) is 0 Å². The highest BCUT2D eigenvalue weighted by Crippen LogP contribution is 2.59. The number of nitrogens with zero attached hydrogens (tertiary/aromatic N) is 3. The Labute approximate surface area is 339 Å². The van der Waals surface area contributed by atoms with Crippen molar-refractivity contribution in [3.8, 4) is 67.5 Å². The third-order valence-electron chi connectivity index (χ3n) is 12.4. The van der Waals surface area contributed by atoms with Crippen molar-refractivity contribution in [1.82, 2.24) is 15.0 Å². The average Bonchev–Trinajstić information content (AvgIpc) is 3.72. The summed E-state index contributed by atoms with van der Waals surface area (Å²) in [5.74, 6) is 2.00. The molecule has 0 unspecified atom stereocenters. The minimum Gasteiger partial charge on any atom is -0.208 e. The summed E-state index contributed by atoms with van der Waals surface area (Å²) in [4.78, 5) is 15.1. The van der Waals surface area contributed by atoms with Gasteiger partial charge in [-0.15, -0.1) is 0 Å². The maximum Gasteiger partial charge on any atom is 0.164 e. The fourth-order valence-electron chi connectivity index (χ4n) is 9.72. The predicted octanol–water partition coefficient (Wildman–Crippen LogP) is 13.2. The van der Waals surface area contributed by atoms with Gasteiger partial charge in [-0.3, -0.25) is 0 Å². The van der Waals surface area contributed by atoms with E-state index < -0.39 is 5.41 Å². The van der Waals surface area contributed by atoms with E-state index in [1.54, 1.807) is 0 Å². The molecule has 3 nitrogen and oxygen atoms in total. The first-order valence-electron chi connectivity index (χ1n) is 20.0. The first-order chi connectivity index (χ1) is 28.5. The van der Waals surface area contributed by atoms with Crippen LogP contribution in [-0.4, -0.2) is 15.0 Å². The van der Waals surface area contributed by atoms with Crippen molar-refractivity contribution < 1.29 is 0 Å². The van der Waals surface area contributed by atoms with Gasteiger partial charge in [-0.05, 0) is 78.9 Å². The number of fused-ring (bicyclic) bond motifs is 6. The molecular weight excluding hydrogens is 703 g/mol. The molecule has 0 N–H and O–H groups in total. The van der Waals surface area contributed by atoms with E-state index in [-0.39, 0.29) is 5.41 Å². The third-order valence-corrected chi connectivity index (χ3v) is 12.4. The molecule has 0 atom stereocenters. The predicted molar refractivity (Wildman–Crippen MR) is 236 cm³/mol. The number of aromatic nitrogens is 3. The van der Waals surface area contributed by atoms with E-state index in [1.165, 1.54) is 66.8 Å². The first kappa shape index (κ1) is 34.1. The van der Waals surface area contributed by atoms with Crippen LogP contribution < -0.4 is 0 Å². The molecule has 0 spiro atoms. The standard InChI is InChI=1S/C55H39N3/c1-54(2)48-34-38(42-27-17-29-47-50(42)45-26-15-16-28-46(45)55(47,40-22-11-5-12-23-40)41-24-13-6-14-25-41)30-32-43(48)44-33-31-39(35-49(44)54)53-57-51(36-18-7-3-8-19-36)56-52(58-53)37-20-9-4-10-21-37/h3-35H,1-2H3. The Bertz CT molecular complexity index is 2910. The summed E-state index contributed by atoms with van der Waals surface area (Å²) in [6.45, 7) is 4.70. The van der Waals surface area contributed by atoms with Crippen molar-refractivity contribution in [2.45, 2.75) is 24.7 Å². The Kier molecular flexibility index (Phi) is 7.74. The molecule has 0 radical (unpaired) electrons. The maximum atomic E-state index is 5.06. The fourth-order valence-corrected chi connectivity index (χ4v) is 9.72. The molecule has 8 aromatic carbocycles. The Hall–Kier alpha value is -7.23. The van der Waals surface area contributed by atoms with Gasteiger partial charge in [0.25, 0.3) is 0 Å². The van der Waals surface area contributed by atoms with Crippen LogP contribution in [0.25, 0.3) is 67.5 Å². The quantitative estimate of drug-likeness (QED) is 0.170. The zero-order valence-corrected chi connectivity index (χ0v) is 32.4. The van der Waals surface area contributed by atoms with Crippen LogP contribution >= 0.6 is 0 Å². The second kappa shape index (κ2) is 13.2. The van der Waals surface area contributed by atoms with Crippen molar-refractivity contribution in [2.24, 2.45) is 0 Å². The largest absolute Gasteiger partial charge is 0.208 e. The minimum absolute atomic E-state index is 0.262. The lowest BCUT2D eigenvalue weighted by Gasteiger charge is -2.34. The summed E-state index contributed by atoms with van der Waals surface area (Å²) < 4.78 is 0. The Morgan fingerprint density at radius 3 is 1.31 bits per heavy atom. The van der Waals surface area contributed by atoms with E-state index in [2.05, 4.69) is 178 Å². The van der Waals surface area contributed by atoms with E-state index in [4.69, 9.17) is 15.0 Å². The SMILES string of the molecule is CC1(C)c2cc(-c3nc(-c4ccccc4)nc(-c4ccccc4)n3)ccc2-c2ccc(-c3cccc4c3-c3ccccc3C4(c3ccccc3)c3ccccc3)cc21. The minimum atomic E-state index is -0.442. The van der Waals surface area contributed by atoms with Crippen molar-refractivity contribution in [1.29, 1.82) is 0 Å². The molecule has 1 aromatic heterocycles. The zero-order chi connectivity index (χ0) is 38.8. The summed E-state index contributed by atoms with van der Waals surface area (Å²) in [6.07, 6.45) is 0. The molecular formula is C55H39N3. The molecule has 1 heterocycles. The number of hydrogen-bond acceptors (Lipinski definition) is 3. The number of benzene rings is 8. The maximum absolute atomic E-state index is 5.06. The van der Waals surface area contributed by atoms with Gasteiger partial charge in [0, 0.05) is 22.1 Å². The van der Waals surface area contributed by atoms with E-state index in [0.29, 0.717) is 17.5 Å². The zero-order valence-electron chi connectivity index (χ0n) is 32.4. The van der Waals surface area contributed by atoms with Gasteiger partial charge < -0.3 is 0 Å². The van der Waals surface area contributed by atoms with E-state index in [0.717, 1.165) is 16.7 Å². The van der Waals surface area contributed by atoms with Gasteiger partial charge in [-0.2, -0.15) is 0 Å². The average molecular weight is 742 g/mol. The van der Waals surface area contributed by atoms with Crippen LogP contribution in [0.5, 0.6) is 0 Å². The Morgan fingerprint density at radius 1 is 0.310 bits per heavy atom. The summed E-state index contributed by atoms with van der Waals surface area (Å²) in [7, 11) is 0. The van der Waals surface area contributed by atoms with Gasteiger partial charge in [0.15, 0.2) is 17.5 Å². The highest BCUT2D eigenvalue weighted by Gasteiger charge is 2.47. The molecule has 0 amide bonds. The molecule has 2 aliphatic carbocycles. The molecule has 3 heteroatoms. The number of hydrogen-bond donors (Lipinski definition) is 0. The van der Waals surface area contributed by atoms with Gasteiger partial charge in [0.2, 0.25) is 0 Å². The molecule has 58 heavy (non-hydrogen) atoms. The van der Waals surface area contributed by atoms with Crippen LogP contribution in [0.4, 0.5) is 0 Å². The topological polar surface area (TPSA) is 38.7 Å². The van der Waals surface area contributed by atoms with Crippen LogP contribution in [-0.2, 0) is 10.8 Å². The first-order valence-corrected chi connectivity index (χ1v) is 20.0. The van der Waals surface area contributed by atoms with Crippen molar-refractivity contribution >= 4 is 0 Å². The van der Waals surface area contributed by atoms with Crippen LogP contribution in [0.2, 0.25) is 0 Å². The van der Waals surface area contributed by atoms with Crippen LogP contribution in [0.3, 0.4) is 0 Å². The molecule has 11 rings (SSSR count). The third kappa shape index (κ3) is 5.10.